The molecule has 1 aliphatic rings. The van der Waals surface area contributed by atoms with Crippen molar-refractivity contribution in [3.63, 3.8) is 0 Å². The van der Waals surface area contributed by atoms with E-state index in [9.17, 15) is 13.6 Å². The van der Waals surface area contributed by atoms with Gasteiger partial charge < -0.3 is 5.32 Å². The highest BCUT2D eigenvalue weighted by molar-refractivity contribution is 5.78. The minimum atomic E-state index is -0.485. The van der Waals surface area contributed by atoms with Crippen LogP contribution >= 0.6 is 0 Å². The van der Waals surface area contributed by atoms with E-state index in [1.165, 1.54) is 24.6 Å². The fraction of sp³-hybridized carbons (Fsp3) is 0.588. The molecule has 0 saturated heterocycles. The lowest BCUT2D eigenvalue weighted by atomic mass is 9.88. The monoisotopic (exact) mass is 295 g/mol. The minimum absolute atomic E-state index is 0.145. The van der Waals surface area contributed by atoms with Crippen molar-refractivity contribution in [2.45, 2.75) is 51.4 Å². The molecule has 0 aromatic heterocycles. The van der Waals surface area contributed by atoms with Crippen LogP contribution in [0.1, 0.15) is 50.5 Å². The highest BCUT2D eigenvalue weighted by Crippen LogP contribution is 2.23. The number of carbonyl (C=O) groups excluding carboxylic acids is 1. The van der Waals surface area contributed by atoms with Gasteiger partial charge in [-0.1, -0.05) is 25.3 Å². The van der Waals surface area contributed by atoms with E-state index in [1.807, 2.05) is 0 Å². The number of unbranched alkanes of at least 4 members (excludes halogenated alkanes) is 1. The first-order chi connectivity index (χ1) is 10.2. The van der Waals surface area contributed by atoms with Crippen LogP contribution in [0.3, 0.4) is 0 Å². The average molecular weight is 295 g/mol. The van der Waals surface area contributed by atoms with Gasteiger partial charge in [0.05, 0.1) is 0 Å². The van der Waals surface area contributed by atoms with Gasteiger partial charge in [0.1, 0.15) is 11.6 Å². The van der Waals surface area contributed by atoms with Crippen molar-refractivity contribution in [1.82, 2.24) is 5.32 Å². The molecule has 116 valence electrons. The maximum Gasteiger partial charge on any atom is 0.223 e. The van der Waals surface area contributed by atoms with Crippen molar-refractivity contribution in [2.75, 3.05) is 6.54 Å². The third kappa shape index (κ3) is 4.80. The summed E-state index contributed by atoms with van der Waals surface area (Å²) in [5, 5.41) is 2.94. The number of hydrogen-bond acceptors (Lipinski definition) is 1. The maximum absolute atomic E-state index is 13.4. The molecule has 1 amide bonds. The van der Waals surface area contributed by atoms with E-state index in [1.54, 1.807) is 0 Å². The van der Waals surface area contributed by atoms with Gasteiger partial charge in [-0.25, -0.2) is 8.78 Å². The van der Waals surface area contributed by atoms with Crippen molar-refractivity contribution in [3.05, 3.63) is 35.4 Å². The summed E-state index contributed by atoms with van der Waals surface area (Å²) in [5.74, 6) is -0.656. The standard InChI is InChI=1S/C17H23F2NO/c18-15-10-6-11-16(19)14(15)9-4-5-12-20-17(21)13-7-2-1-3-8-13/h6,10-11,13H,1-5,7-9,12H2,(H,20,21). The zero-order valence-corrected chi connectivity index (χ0v) is 12.3. The number of halogens is 2. The van der Waals surface area contributed by atoms with Gasteiger partial charge in [-0.3, -0.25) is 4.79 Å². The molecular weight excluding hydrogens is 272 g/mol. The van der Waals surface area contributed by atoms with Crippen molar-refractivity contribution in [3.8, 4) is 0 Å². The number of nitrogens with one attached hydrogen (secondary N) is 1. The molecule has 0 aliphatic heterocycles. The zero-order chi connectivity index (χ0) is 15.1. The molecular formula is C17H23F2NO. The van der Waals surface area contributed by atoms with E-state index >= 15 is 0 Å². The Labute approximate surface area is 124 Å². The first-order valence-electron chi connectivity index (χ1n) is 7.89. The molecule has 0 heterocycles. The predicted octanol–water partition coefficient (Wildman–Crippen LogP) is 3.98. The van der Waals surface area contributed by atoms with Crippen LogP contribution in [0.25, 0.3) is 0 Å². The van der Waals surface area contributed by atoms with Gasteiger partial charge in [-0.2, -0.15) is 0 Å². The number of hydrogen-bond donors (Lipinski definition) is 1. The van der Waals surface area contributed by atoms with Gasteiger partial charge in [-0.15, -0.1) is 0 Å². The molecule has 1 N–H and O–H groups in total. The molecule has 1 saturated carbocycles. The van der Waals surface area contributed by atoms with Gasteiger partial charge in [0.15, 0.2) is 0 Å². The molecule has 1 aromatic rings. The number of rotatable bonds is 6. The molecule has 4 heteroatoms. The molecule has 0 spiro atoms. The highest BCUT2D eigenvalue weighted by Gasteiger charge is 2.20. The lowest BCUT2D eigenvalue weighted by molar-refractivity contribution is -0.125. The van der Waals surface area contributed by atoms with E-state index in [2.05, 4.69) is 5.32 Å². The molecule has 0 bridgehead atoms. The van der Waals surface area contributed by atoms with Crippen molar-refractivity contribution in [2.24, 2.45) is 5.92 Å². The lowest BCUT2D eigenvalue weighted by Crippen LogP contribution is -2.32. The average Bonchev–Trinajstić information content (AvgIpc) is 2.50. The fourth-order valence-corrected chi connectivity index (χ4v) is 2.92. The van der Waals surface area contributed by atoms with E-state index in [-0.39, 0.29) is 17.4 Å². The highest BCUT2D eigenvalue weighted by atomic mass is 19.1. The summed E-state index contributed by atoms with van der Waals surface area (Å²) in [6.45, 7) is 0.589. The Bertz CT molecular complexity index is 450. The SMILES string of the molecule is O=C(NCCCCc1c(F)cccc1F)C1CCCCC1. The Morgan fingerprint density at radius 1 is 1.10 bits per heavy atom. The fourth-order valence-electron chi connectivity index (χ4n) is 2.92. The molecule has 0 atom stereocenters. The quantitative estimate of drug-likeness (QED) is 0.790. The van der Waals surface area contributed by atoms with E-state index in [4.69, 9.17) is 0 Å². The first-order valence-corrected chi connectivity index (χ1v) is 7.89. The summed E-state index contributed by atoms with van der Waals surface area (Å²) in [5.41, 5.74) is 0.149. The van der Waals surface area contributed by atoms with Crippen LogP contribution in [0.5, 0.6) is 0 Å². The first kappa shape index (κ1) is 15.9. The third-order valence-electron chi connectivity index (χ3n) is 4.19. The van der Waals surface area contributed by atoms with Gasteiger partial charge >= 0.3 is 0 Å². The Hall–Kier alpha value is -1.45. The predicted molar refractivity (Wildman–Crippen MR) is 78.9 cm³/mol. The number of amides is 1. The van der Waals surface area contributed by atoms with Crippen LogP contribution in [0.4, 0.5) is 8.78 Å². The van der Waals surface area contributed by atoms with E-state index < -0.39 is 11.6 Å². The molecule has 1 aromatic carbocycles. The van der Waals surface area contributed by atoms with Gasteiger partial charge in [0.2, 0.25) is 5.91 Å². The summed E-state index contributed by atoms with van der Waals surface area (Å²) >= 11 is 0. The molecule has 21 heavy (non-hydrogen) atoms. The third-order valence-corrected chi connectivity index (χ3v) is 4.19. The molecule has 0 unspecified atom stereocenters. The molecule has 1 fully saturated rings. The van der Waals surface area contributed by atoms with Crippen LogP contribution in [0.15, 0.2) is 18.2 Å². The Balaban J connectivity index is 1.64. The Morgan fingerprint density at radius 2 is 1.76 bits per heavy atom. The van der Waals surface area contributed by atoms with Gasteiger partial charge in [0.25, 0.3) is 0 Å². The smallest absolute Gasteiger partial charge is 0.223 e. The Kier molecular flexibility index (Phi) is 6.15. The number of carbonyl (C=O) groups is 1. The van der Waals surface area contributed by atoms with Gasteiger partial charge in [0, 0.05) is 18.0 Å². The van der Waals surface area contributed by atoms with Crippen LogP contribution < -0.4 is 5.32 Å². The summed E-state index contributed by atoms with van der Waals surface area (Å²) in [7, 11) is 0. The molecule has 2 rings (SSSR count). The van der Waals surface area contributed by atoms with Crippen molar-refractivity contribution in [1.29, 1.82) is 0 Å². The van der Waals surface area contributed by atoms with Crippen molar-refractivity contribution < 1.29 is 13.6 Å². The van der Waals surface area contributed by atoms with Crippen LogP contribution in [-0.2, 0) is 11.2 Å². The van der Waals surface area contributed by atoms with E-state index in [0.717, 1.165) is 32.1 Å². The molecule has 2 nitrogen and oxygen atoms in total. The Morgan fingerprint density at radius 3 is 2.43 bits per heavy atom. The summed E-state index contributed by atoms with van der Waals surface area (Å²) in [6.07, 6.45) is 7.29. The second kappa shape index (κ2) is 8.11. The summed E-state index contributed by atoms with van der Waals surface area (Å²) in [4.78, 5) is 11.9. The second-order valence-electron chi connectivity index (χ2n) is 5.78. The maximum atomic E-state index is 13.4. The van der Waals surface area contributed by atoms with E-state index in [0.29, 0.717) is 19.4 Å². The second-order valence-corrected chi connectivity index (χ2v) is 5.78. The summed E-state index contributed by atoms with van der Waals surface area (Å²) < 4.78 is 26.8. The normalized spacial score (nSPS) is 15.9. The molecule has 1 aliphatic carbocycles. The van der Waals surface area contributed by atoms with Crippen LogP contribution in [-0.4, -0.2) is 12.5 Å². The minimum Gasteiger partial charge on any atom is -0.356 e. The van der Waals surface area contributed by atoms with Crippen LogP contribution in [0.2, 0.25) is 0 Å². The number of benzene rings is 1. The molecule has 0 radical (unpaired) electrons. The van der Waals surface area contributed by atoms with Crippen LogP contribution in [0, 0.1) is 17.6 Å². The lowest BCUT2D eigenvalue weighted by Gasteiger charge is -2.20. The zero-order valence-electron chi connectivity index (χ0n) is 12.3. The van der Waals surface area contributed by atoms with Crippen molar-refractivity contribution >= 4 is 5.91 Å². The summed E-state index contributed by atoms with van der Waals surface area (Å²) in [6, 6.07) is 3.94. The topological polar surface area (TPSA) is 29.1 Å². The van der Waals surface area contributed by atoms with Gasteiger partial charge in [-0.05, 0) is 44.2 Å². The largest absolute Gasteiger partial charge is 0.356 e.